The minimum absolute atomic E-state index is 0.245. The van der Waals surface area contributed by atoms with Crippen LogP contribution in [-0.2, 0) is 0 Å². The fourth-order valence-electron chi connectivity index (χ4n) is 3.37. The molecule has 1 aliphatic carbocycles. The van der Waals surface area contributed by atoms with Crippen LogP contribution in [0.1, 0.15) is 26.7 Å². The molecule has 1 aliphatic heterocycles. The Morgan fingerprint density at radius 3 is 2.71 bits per heavy atom. The first kappa shape index (κ1) is 14.6. The summed E-state index contributed by atoms with van der Waals surface area (Å²) in [6.07, 6.45) is 2.66. The fourth-order valence-corrected chi connectivity index (χ4v) is 3.37. The van der Waals surface area contributed by atoms with Gasteiger partial charge in [-0.15, -0.1) is 0 Å². The van der Waals surface area contributed by atoms with Gasteiger partial charge in [-0.1, -0.05) is 13.8 Å². The average molecular weight is 292 g/mol. The van der Waals surface area contributed by atoms with Gasteiger partial charge in [0.1, 0.15) is 11.6 Å². The van der Waals surface area contributed by atoms with Gasteiger partial charge in [0.05, 0.1) is 12.8 Å². The van der Waals surface area contributed by atoms with Gasteiger partial charge >= 0.3 is 0 Å². The molecule has 1 heterocycles. The molecule has 0 amide bonds. The van der Waals surface area contributed by atoms with E-state index < -0.39 is 0 Å². The Hall–Kier alpha value is -1.29. The van der Waals surface area contributed by atoms with E-state index in [-0.39, 0.29) is 5.82 Å². The predicted molar refractivity (Wildman–Crippen MR) is 83.4 cm³/mol. The third-order valence-corrected chi connectivity index (χ3v) is 4.79. The third-order valence-electron chi connectivity index (χ3n) is 4.79. The number of benzene rings is 1. The van der Waals surface area contributed by atoms with E-state index in [9.17, 15) is 4.39 Å². The maximum Gasteiger partial charge on any atom is 0.145 e. The molecule has 0 spiro atoms. The second-order valence-electron chi connectivity index (χ2n) is 6.63. The fraction of sp³-hybridized carbons (Fsp3) is 0.647. The summed E-state index contributed by atoms with van der Waals surface area (Å²) in [5.74, 6) is 1.74. The first-order valence-electron chi connectivity index (χ1n) is 7.93. The second kappa shape index (κ2) is 5.84. The van der Waals surface area contributed by atoms with Crippen LogP contribution in [0.3, 0.4) is 0 Å². The van der Waals surface area contributed by atoms with Gasteiger partial charge in [0, 0.05) is 31.2 Å². The van der Waals surface area contributed by atoms with Gasteiger partial charge in [-0.2, -0.15) is 0 Å². The maximum atomic E-state index is 13.5. The summed E-state index contributed by atoms with van der Waals surface area (Å²) < 4.78 is 18.9. The van der Waals surface area contributed by atoms with Crippen LogP contribution in [0, 0.1) is 17.7 Å². The Morgan fingerprint density at radius 1 is 1.33 bits per heavy atom. The highest BCUT2D eigenvalue weighted by Crippen LogP contribution is 2.38. The summed E-state index contributed by atoms with van der Waals surface area (Å²) in [7, 11) is 1.61. The van der Waals surface area contributed by atoms with Crippen LogP contribution in [0.4, 0.5) is 10.1 Å². The Labute approximate surface area is 126 Å². The smallest absolute Gasteiger partial charge is 0.145 e. The molecule has 1 saturated carbocycles. The Kier molecular flexibility index (Phi) is 4.07. The van der Waals surface area contributed by atoms with Crippen LogP contribution in [0.25, 0.3) is 0 Å². The van der Waals surface area contributed by atoms with Gasteiger partial charge < -0.3 is 15.0 Å². The monoisotopic (exact) mass is 292 g/mol. The lowest BCUT2D eigenvalue weighted by Gasteiger charge is -2.44. The average Bonchev–Trinajstić information content (AvgIpc) is 3.31. The van der Waals surface area contributed by atoms with Crippen molar-refractivity contribution in [2.75, 3.05) is 25.1 Å². The molecule has 1 aromatic rings. The van der Waals surface area contributed by atoms with Crippen molar-refractivity contribution < 1.29 is 9.13 Å². The minimum Gasteiger partial charge on any atom is -0.494 e. The number of rotatable bonds is 4. The van der Waals surface area contributed by atoms with Crippen molar-refractivity contribution in [1.82, 2.24) is 5.32 Å². The zero-order valence-electron chi connectivity index (χ0n) is 13.1. The van der Waals surface area contributed by atoms with E-state index in [1.54, 1.807) is 7.11 Å². The number of anilines is 1. The van der Waals surface area contributed by atoms with Crippen LogP contribution < -0.4 is 15.0 Å². The van der Waals surface area contributed by atoms with E-state index in [2.05, 4.69) is 24.1 Å². The highest BCUT2D eigenvalue weighted by Gasteiger charge is 2.38. The standard InChI is InChI=1S/C17H25FN2O/c1-11(2)16-9-19-14(12-4-5-12)10-20(16)15-7-6-13(18)8-17(15)21-3/h6-8,11-12,14,16,19H,4-5,9-10H2,1-3H3. The van der Waals surface area contributed by atoms with Crippen LogP contribution in [-0.4, -0.2) is 32.3 Å². The maximum absolute atomic E-state index is 13.5. The molecule has 2 fully saturated rings. The number of nitrogens with one attached hydrogen (secondary N) is 1. The highest BCUT2D eigenvalue weighted by molar-refractivity contribution is 5.60. The zero-order valence-corrected chi connectivity index (χ0v) is 13.1. The SMILES string of the molecule is COc1cc(F)ccc1N1CC(C2CC2)NCC1C(C)C. The number of methoxy groups -OCH3 is 1. The molecular weight excluding hydrogens is 267 g/mol. The second-order valence-corrected chi connectivity index (χ2v) is 6.63. The van der Waals surface area contributed by atoms with E-state index in [0.29, 0.717) is 23.8 Å². The predicted octanol–water partition coefficient (Wildman–Crippen LogP) is 3.05. The quantitative estimate of drug-likeness (QED) is 0.923. The normalized spacial score (nSPS) is 26.2. The zero-order chi connectivity index (χ0) is 15.0. The van der Waals surface area contributed by atoms with Crippen molar-refractivity contribution in [3.05, 3.63) is 24.0 Å². The summed E-state index contributed by atoms with van der Waals surface area (Å²) in [4.78, 5) is 2.42. The van der Waals surface area contributed by atoms with E-state index in [1.807, 2.05) is 6.07 Å². The van der Waals surface area contributed by atoms with Gasteiger partial charge in [-0.05, 0) is 36.8 Å². The number of hydrogen-bond acceptors (Lipinski definition) is 3. The lowest BCUT2D eigenvalue weighted by molar-refractivity contribution is 0.316. The van der Waals surface area contributed by atoms with Crippen molar-refractivity contribution in [3.63, 3.8) is 0 Å². The van der Waals surface area contributed by atoms with E-state index in [0.717, 1.165) is 24.7 Å². The van der Waals surface area contributed by atoms with E-state index in [1.165, 1.54) is 25.0 Å². The molecule has 0 radical (unpaired) electrons. The first-order valence-corrected chi connectivity index (χ1v) is 7.93. The molecule has 1 N–H and O–H groups in total. The number of piperazine rings is 1. The molecule has 21 heavy (non-hydrogen) atoms. The van der Waals surface area contributed by atoms with Crippen LogP contribution in [0.5, 0.6) is 5.75 Å². The van der Waals surface area contributed by atoms with Crippen molar-refractivity contribution in [1.29, 1.82) is 0 Å². The summed E-state index contributed by atoms with van der Waals surface area (Å²) >= 11 is 0. The molecule has 4 heteroatoms. The molecule has 1 saturated heterocycles. The molecule has 2 atom stereocenters. The number of nitrogens with zero attached hydrogens (tertiary/aromatic N) is 1. The van der Waals surface area contributed by atoms with Gasteiger partial charge in [-0.3, -0.25) is 0 Å². The highest BCUT2D eigenvalue weighted by atomic mass is 19.1. The van der Waals surface area contributed by atoms with E-state index in [4.69, 9.17) is 4.74 Å². The third kappa shape index (κ3) is 3.00. The lowest BCUT2D eigenvalue weighted by Crippen LogP contribution is -2.59. The van der Waals surface area contributed by atoms with Gasteiger partial charge in [0.25, 0.3) is 0 Å². The van der Waals surface area contributed by atoms with Crippen molar-refractivity contribution in [2.24, 2.45) is 11.8 Å². The van der Waals surface area contributed by atoms with Gasteiger partial charge in [-0.25, -0.2) is 4.39 Å². The Morgan fingerprint density at radius 2 is 2.10 bits per heavy atom. The molecule has 3 rings (SSSR count). The molecule has 0 bridgehead atoms. The number of ether oxygens (including phenoxy) is 1. The molecule has 2 aliphatic rings. The number of hydrogen-bond donors (Lipinski definition) is 1. The lowest BCUT2D eigenvalue weighted by atomic mass is 9.96. The summed E-state index contributed by atoms with van der Waals surface area (Å²) in [5.41, 5.74) is 1.02. The summed E-state index contributed by atoms with van der Waals surface area (Å²) in [6.45, 7) is 6.45. The number of halogens is 1. The van der Waals surface area contributed by atoms with Crippen molar-refractivity contribution in [3.8, 4) is 5.75 Å². The molecule has 116 valence electrons. The van der Waals surface area contributed by atoms with Gasteiger partial charge in [0.15, 0.2) is 0 Å². The van der Waals surface area contributed by atoms with Crippen LogP contribution in [0.2, 0.25) is 0 Å². The first-order chi connectivity index (χ1) is 10.1. The molecular formula is C17H25FN2O. The van der Waals surface area contributed by atoms with Crippen molar-refractivity contribution >= 4 is 5.69 Å². The molecule has 2 unspecified atom stereocenters. The van der Waals surface area contributed by atoms with Crippen LogP contribution in [0.15, 0.2) is 18.2 Å². The minimum atomic E-state index is -0.245. The van der Waals surface area contributed by atoms with Crippen molar-refractivity contribution in [2.45, 2.75) is 38.8 Å². The Balaban J connectivity index is 1.90. The largest absolute Gasteiger partial charge is 0.494 e. The molecule has 3 nitrogen and oxygen atoms in total. The molecule has 1 aromatic carbocycles. The topological polar surface area (TPSA) is 24.5 Å². The summed E-state index contributed by atoms with van der Waals surface area (Å²) in [6, 6.07) is 5.84. The van der Waals surface area contributed by atoms with E-state index >= 15 is 0 Å². The van der Waals surface area contributed by atoms with Crippen LogP contribution >= 0.6 is 0 Å². The Bertz CT molecular complexity index is 502. The summed E-state index contributed by atoms with van der Waals surface area (Å²) in [5, 5.41) is 3.70. The molecule has 0 aromatic heterocycles. The van der Waals surface area contributed by atoms with Gasteiger partial charge in [0.2, 0.25) is 0 Å².